The van der Waals surface area contributed by atoms with E-state index in [1.807, 2.05) is 27.7 Å². The van der Waals surface area contributed by atoms with Gasteiger partial charge in [-0.2, -0.15) is 0 Å². The van der Waals surface area contributed by atoms with Crippen LogP contribution in [-0.2, 0) is 4.79 Å². The molecular weight excluding hydrogens is 204 g/mol. The first-order valence-electron chi connectivity index (χ1n) is 5.73. The van der Waals surface area contributed by atoms with Crippen molar-refractivity contribution >= 4 is 5.91 Å². The third-order valence-electron chi connectivity index (χ3n) is 3.88. The van der Waals surface area contributed by atoms with Gasteiger partial charge in [0.25, 0.3) is 0 Å². The van der Waals surface area contributed by atoms with Crippen molar-refractivity contribution in [2.75, 3.05) is 0 Å². The Morgan fingerprint density at radius 2 is 1.69 bits per heavy atom. The molecule has 1 aliphatic rings. The minimum Gasteiger partial charge on any atom is -0.366 e. The van der Waals surface area contributed by atoms with Crippen LogP contribution in [0.5, 0.6) is 0 Å². The number of rotatable bonds is 2. The second-order valence-electron chi connectivity index (χ2n) is 5.88. The van der Waals surface area contributed by atoms with Crippen LogP contribution >= 0.6 is 0 Å². The number of piperidine rings is 1. The van der Waals surface area contributed by atoms with Gasteiger partial charge in [-0.05, 0) is 34.1 Å². The number of hydrogen-bond donors (Lipinski definition) is 2. The van der Waals surface area contributed by atoms with E-state index in [9.17, 15) is 10.0 Å². The predicted molar refractivity (Wildman–Crippen MR) is 62.4 cm³/mol. The zero-order chi connectivity index (χ0) is 12.6. The third kappa shape index (κ3) is 1.99. The standard InChI is InChI=1S/C12H22N2O2/c1-11(2)7-5-8-12(3,4)14(11,16)9-6-10(13)15/h6,9,16H,5,7-8H2,1-4H3,(H-,13,15)/p+1. The van der Waals surface area contributed by atoms with Crippen molar-refractivity contribution in [1.82, 2.24) is 0 Å². The lowest BCUT2D eigenvalue weighted by Crippen LogP contribution is -2.68. The molecule has 4 heteroatoms. The van der Waals surface area contributed by atoms with Crippen LogP contribution in [0.4, 0.5) is 0 Å². The van der Waals surface area contributed by atoms with Crippen molar-refractivity contribution in [3.05, 3.63) is 12.3 Å². The highest BCUT2D eigenvalue weighted by molar-refractivity contribution is 5.85. The number of hydroxylamine groups is 3. The van der Waals surface area contributed by atoms with Crippen molar-refractivity contribution in [3.63, 3.8) is 0 Å². The van der Waals surface area contributed by atoms with Crippen LogP contribution in [0.15, 0.2) is 12.3 Å². The summed E-state index contributed by atoms with van der Waals surface area (Å²) >= 11 is 0. The minimum absolute atomic E-state index is 0.233. The van der Waals surface area contributed by atoms with Gasteiger partial charge in [0.1, 0.15) is 17.3 Å². The summed E-state index contributed by atoms with van der Waals surface area (Å²) in [6.45, 7) is 8.05. The molecule has 0 aromatic carbocycles. The fourth-order valence-electron chi connectivity index (χ4n) is 2.70. The summed E-state index contributed by atoms with van der Waals surface area (Å²) in [4.78, 5) is 10.8. The summed E-state index contributed by atoms with van der Waals surface area (Å²) in [6.07, 6.45) is 5.73. The molecule has 0 unspecified atom stereocenters. The molecule has 16 heavy (non-hydrogen) atoms. The summed E-state index contributed by atoms with van der Waals surface area (Å²) in [5, 5.41) is 10.8. The molecule has 0 spiro atoms. The Bertz CT molecular complexity index is 303. The SMILES string of the molecule is CC1(C)CCCC(C)(C)[N+]1(O)C=CC(N)=O. The molecular formula is C12H23N2O2+. The molecule has 0 saturated carbocycles. The van der Waals surface area contributed by atoms with E-state index in [1.54, 1.807) is 0 Å². The van der Waals surface area contributed by atoms with E-state index in [0.717, 1.165) is 19.3 Å². The van der Waals surface area contributed by atoms with E-state index in [-0.39, 0.29) is 15.7 Å². The number of quaternary nitrogens is 1. The Morgan fingerprint density at radius 3 is 2.06 bits per heavy atom. The Kier molecular flexibility index (Phi) is 3.18. The average Bonchev–Trinajstić information content (AvgIpc) is 2.10. The highest BCUT2D eigenvalue weighted by Crippen LogP contribution is 2.44. The summed E-state index contributed by atoms with van der Waals surface area (Å²) in [7, 11) is 0. The van der Waals surface area contributed by atoms with Crippen molar-refractivity contribution in [1.29, 1.82) is 0 Å². The molecule has 0 bridgehead atoms. The van der Waals surface area contributed by atoms with Gasteiger partial charge < -0.3 is 5.73 Å². The van der Waals surface area contributed by atoms with Gasteiger partial charge in [-0.15, -0.1) is 4.65 Å². The van der Waals surface area contributed by atoms with Crippen LogP contribution in [0.3, 0.4) is 0 Å². The lowest BCUT2D eigenvalue weighted by Gasteiger charge is -2.53. The summed E-state index contributed by atoms with van der Waals surface area (Å²) in [5.41, 5.74) is 4.50. The first-order chi connectivity index (χ1) is 7.12. The quantitative estimate of drug-likeness (QED) is 0.559. The fraction of sp³-hybridized carbons (Fsp3) is 0.750. The van der Waals surface area contributed by atoms with Gasteiger partial charge in [0.05, 0.1) is 6.08 Å². The summed E-state index contributed by atoms with van der Waals surface area (Å²) in [6, 6.07) is 0. The number of primary amides is 1. The molecule has 1 saturated heterocycles. The Balaban J connectivity index is 3.15. The normalized spacial score (nSPS) is 26.8. The van der Waals surface area contributed by atoms with Crippen molar-refractivity contribution < 1.29 is 14.6 Å². The summed E-state index contributed by atoms with van der Waals surface area (Å²) in [5.74, 6) is -0.524. The monoisotopic (exact) mass is 227 g/mol. The van der Waals surface area contributed by atoms with Crippen molar-refractivity contribution in [2.45, 2.75) is 58.0 Å². The second-order valence-corrected chi connectivity index (χ2v) is 5.88. The number of nitrogens with zero attached hydrogens (tertiary/aromatic N) is 1. The van der Waals surface area contributed by atoms with Gasteiger partial charge in [-0.25, -0.2) is 5.21 Å². The van der Waals surface area contributed by atoms with Crippen LogP contribution in [0.1, 0.15) is 47.0 Å². The molecule has 0 atom stereocenters. The maximum atomic E-state index is 10.8. The molecule has 1 aliphatic heterocycles. The lowest BCUT2D eigenvalue weighted by atomic mass is 9.79. The lowest BCUT2D eigenvalue weighted by molar-refractivity contribution is -1.14. The van der Waals surface area contributed by atoms with Crippen LogP contribution in [-0.4, -0.2) is 26.8 Å². The van der Waals surface area contributed by atoms with E-state index in [0.29, 0.717) is 0 Å². The van der Waals surface area contributed by atoms with Gasteiger partial charge in [-0.1, -0.05) is 0 Å². The second kappa shape index (κ2) is 3.86. The number of amides is 1. The maximum Gasteiger partial charge on any atom is 0.246 e. The molecule has 1 amide bonds. The third-order valence-corrected chi connectivity index (χ3v) is 3.88. The molecule has 3 N–H and O–H groups in total. The van der Waals surface area contributed by atoms with Gasteiger partial charge in [0, 0.05) is 12.8 Å². The molecule has 0 aromatic heterocycles. The van der Waals surface area contributed by atoms with Crippen LogP contribution in [0, 0.1) is 0 Å². The van der Waals surface area contributed by atoms with E-state index in [2.05, 4.69) is 0 Å². The van der Waals surface area contributed by atoms with E-state index >= 15 is 0 Å². The van der Waals surface area contributed by atoms with Gasteiger partial charge in [-0.3, -0.25) is 4.79 Å². The molecule has 1 rings (SSSR count). The average molecular weight is 227 g/mol. The Morgan fingerprint density at radius 1 is 1.25 bits per heavy atom. The molecule has 4 nitrogen and oxygen atoms in total. The molecule has 0 aliphatic carbocycles. The first-order valence-corrected chi connectivity index (χ1v) is 5.73. The molecule has 92 valence electrons. The van der Waals surface area contributed by atoms with Crippen molar-refractivity contribution in [2.24, 2.45) is 5.73 Å². The van der Waals surface area contributed by atoms with E-state index < -0.39 is 5.91 Å². The smallest absolute Gasteiger partial charge is 0.246 e. The zero-order valence-electron chi connectivity index (χ0n) is 10.7. The van der Waals surface area contributed by atoms with Crippen LogP contribution in [0.25, 0.3) is 0 Å². The molecule has 0 radical (unpaired) electrons. The Hall–Kier alpha value is -0.870. The maximum absolute atomic E-state index is 10.8. The zero-order valence-corrected chi connectivity index (χ0v) is 10.7. The van der Waals surface area contributed by atoms with Crippen molar-refractivity contribution in [3.8, 4) is 0 Å². The molecule has 1 fully saturated rings. The van der Waals surface area contributed by atoms with Crippen LogP contribution in [0.2, 0.25) is 0 Å². The number of nitrogens with two attached hydrogens (primary N) is 1. The molecule has 0 aromatic rings. The topological polar surface area (TPSA) is 63.3 Å². The van der Waals surface area contributed by atoms with Gasteiger partial charge in [0.15, 0.2) is 0 Å². The molecule has 1 heterocycles. The van der Waals surface area contributed by atoms with Gasteiger partial charge >= 0.3 is 0 Å². The number of hydrogen-bond acceptors (Lipinski definition) is 2. The minimum atomic E-state index is -0.524. The van der Waals surface area contributed by atoms with E-state index in [1.165, 1.54) is 12.3 Å². The summed E-state index contributed by atoms with van der Waals surface area (Å²) < 4.78 is -0.233. The fourth-order valence-corrected chi connectivity index (χ4v) is 2.70. The van der Waals surface area contributed by atoms with Gasteiger partial charge in [0.2, 0.25) is 5.91 Å². The van der Waals surface area contributed by atoms with E-state index in [4.69, 9.17) is 5.73 Å². The highest BCUT2D eigenvalue weighted by atomic mass is 16.6. The highest BCUT2D eigenvalue weighted by Gasteiger charge is 2.55. The number of likely N-dealkylation sites (tertiary alicyclic amines) is 1. The van der Waals surface area contributed by atoms with Crippen LogP contribution < -0.4 is 5.73 Å². The largest absolute Gasteiger partial charge is 0.366 e. The predicted octanol–water partition coefficient (Wildman–Crippen LogP) is 1.93. The number of carbonyl (C=O) groups is 1. The first kappa shape index (κ1) is 13.2. The Labute approximate surface area is 97.3 Å². The number of carbonyl (C=O) groups excluding carboxylic acids is 1.